The molecular formula is C24H22N2O8. The van der Waals surface area contributed by atoms with E-state index in [1.807, 2.05) is 12.1 Å². The predicted molar refractivity (Wildman–Crippen MR) is 120 cm³/mol. The summed E-state index contributed by atoms with van der Waals surface area (Å²) in [5.41, 5.74) is 2.08. The van der Waals surface area contributed by atoms with Gasteiger partial charge in [0.1, 0.15) is 11.3 Å². The lowest BCUT2D eigenvalue weighted by Crippen LogP contribution is -2.26. The minimum Gasteiger partial charge on any atom is -0.497 e. The van der Waals surface area contributed by atoms with Crippen LogP contribution in [-0.4, -0.2) is 49.7 Å². The summed E-state index contributed by atoms with van der Waals surface area (Å²) in [5, 5.41) is 12.6. The Morgan fingerprint density at radius 3 is 2.62 bits per heavy atom. The molecule has 0 saturated carbocycles. The first-order chi connectivity index (χ1) is 16.5. The molecule has 10 heteroatoms. The average molecular weight is 466 g/mol. The fourth-order valence-corrected chi connectivity index (χ4v) is 4.53. The highest BCUT2D eigenvalue weighted by molar-refractivity contribution is 6.04. The van der Waals surface area contributed by atoms with Gasteiger partial charge in [-0.3, -0.25) is 4.79 Å². The van der Waals surface area contributed by atoms with Gasteiger partial charge >= 0.3 is 5.97 Å². The van der Waals surface area contributed by atoms with Crippen molar-refractivity contribution in [3.63, 3.8) is 0 Å². The van der Waals surface area contributed by atoms with Crippen LogP contribution in [0.25, 0.3) is 5.69 Å². The lowest BCUT2D eigenvalue weighted by Gasteiger charge is -2.28. The van der Waals surface area contributed by atoms with Gasteiger partial charge in [0.2, 0.25) is 24.2 Å². The Bertz CT molecular complexity index is 1310. The summed E-state index contributed by atoms with van der Waals surface area (Å²) >= 11 is 0. The summed E-state index contributed by atoms with van der Waals surface area (Å²) in [4.78, 5) is 24.9. The van der Waals surface area contributed by atoms with Gasteiger partial charge in [-0.2, -0.15) is 0 Å². The third kappa shape index (κ3) is 3.26. The van der Waals surface area contributed by atoms with Gasteiger partial charge in [0.05, 0.1) is 32.7 Å². The number of amides is 1. The van der Waals surface area contributed by atoms with Crippen molar-refractivity contribution in [1.82, 2.24) is 4.57 Å². The summed E-state index contributed by atoms with van der Waals surface area (Å²) in [6.45, 7) is 0.0258. The van der Waals surface area contributed by atoms with Gasteiger partial charge in [-0.05, 0) is 18.2 Å². The van der Waals surface area contributed by atoms with Crippen molar-refractivity contribution in [3.8, 4) is 34.4 Å². The molecule has 3 aromatic rings. The number of carboxylic acids is 1. The summed E-state index contributed by atoms with van der Waals surface area (Å²) in [6, 6.07) is 8.97. The molecule has 0 spiro atoms. The molecule has 5 rings (SSSR count). The fourth-order valence-electron chi connectivity index (χ4n) is 4.53. The summed E-state index contributed by atoms with van der Waals surface area (Å²) in [7, 11) is 4.54. The smallest absolute Gasteiger partial charge is 0.339 e. The second-order valence-corrected chi connectivity index (χ2v) is 7.75. The number of aromatic nitrogens is 1. The zero-order valence-corrected chi connectivity index (χ0v) is 18.7. The van der Waals surface area contributed by atoms with E-state index in [-0.39, 0.29) is 30.4 Å². The number of methoxy groups -OCH3 is 3. The van der Waals surface area contributed by atoms with Gasteiger partial charge in [-0.15, -0.1) is 0 Å². The van der Waals surface area contributed by atoms with E-state index >= 15 is 0 Å². The van der Waals surface area contributed by atoms with E-state index < -0.39 is 11.9 Å². The van der Waals surface area contributed by atoms with Crippen molar-refractivity contribution < 1.29 is 38.4 Å². The van der Waals surface area contributed by atoms with Crippen LogP contribution in [0.3, 0.4) is 0 Å². The number of hydrogen-bond donors (Lipinski definition) is 2. The number of fused-ring (bicyclic) bond motifs is 2. The maximum atomic E-state index is 12.8. The van der Waals surface area contributed by atoms with E-state index in [0.29, 0.717) is 45.7 Å². The molecule has 2 aliphatic heterocycles. The Balaban J connectivity index is 1.79. The van der Waals surface area contributed by atoms with Gasteiger partial charge in [0.25, 0.3) is 0 Å². The fraction of sp³-hybridized carbons (Fsp3) is 0.250. The predicted octanol–water partition coefficient (Wildman–Crippen LogP) is 3.40. The molecule has 1 aromatic heterocycles. The highest BCUT2D eigenvalue weighted by atomic mass is 16.7. The molecule has 1 unspecified atom stereocenters. The quantitative estimate of drug-likeness (QED) is 0.568. The normalized spacial score (nSPS) is 16.0. The van der Waals surface area contributed by atoms with Crippen LogP contribution in [0.5, 0.6) is 28.7 Å². The van der Waals surface area contributed by atoms with Crippen LogP contribution < -0.4 is 29.0 Å². The van der Waals surface area contributed by atoms with Crippen LogP contribution in [0.1, 0.15) is 34.0 Å². The number of nitrogens with one attached hydrogen (secondary N) is 1. The first-order valence-electron chi connectivity index (χ1n) is 10.4. The number of carboxylic acid groups (broad SMARTS) is 1. The highest BCUT2D eigenvalue weighted by Gasteiger charge is 2.38. The van der Waals surface area contributed by atoms with Gasteiger partial charge in [0, 0.05) is 35.9 Å². The lowest BCUT2D eigenvalue weighted by atomic mass is 9.87. The Labute approximate surface area is 194 Å². The standard InChI is InChI=1S/C24H22N2O8/c1-30-13-6-4-5-12(7-13)26-10-16(24(28)29)19-20(26)14(9-18(27)25-19)15-8-17-22(34-11-33-17)23(32-3)21(15)31-2/h4-8,10,14H,9,11H2,1-3H3,(H,25,27)(H,28,29). The number of anilines is 1. The third-order valence-corrected chi connectivity index (χ3v) is 5.98. The van der Waals surface area contributed by atoms with E-state index in [9.17, 15) is 14.7 Å². The van der Waals surface area contributed by atoms with Gasteiger partial charge in [0.15, 0.2) is 11.5 Å². The maximum absolute atomic E-state index is 12.8. The second kappa shape index (κ2) is 8.22. The van der Waals surface area contributed by atoms with Gasteiger partial charge in [-0.1, -0.05) is 6.07 Å². The molecule has 1 atom stereocenters. The molecule has 3 heterocycles. The number of aromatic carboxylic acids is 1. The van der Waals surface area contributed by atoms with Crippen LogP contribution in [0.2, 0.25) is 0 Å². The molecule has 2 N–H and O–H groups in total. The van der Waals surface area contributed by atoms with Crippen molar-refractivity contribution in [3.05, 3.63) is 53.3 Å². The summed E-state index contributed by atoms with van der Waals surface area (Å²) < 4.78 is 29.5. The number of nitrogens with zero attached hydrogens (tertiary/aromatic N) is 1. The minimum absolute atomic E-state index is 0.0254. The van der Waals surface area contributed by atoms with Crippen LogP contribution >= 0.6 is 0 Å². The van der Waals surface area contributed by atoms with Crippen molar-refractivity contribution >= 4 is 17.6 Å². The number of carbonyl (C=O) groups is 2. The van der Waals surface area contributed by atoms with Gasteiger partial charge < -0.3 is 38.7 Å². The molecule has 0 fully saturated rings. The molecular weight excluding hydrogens is 444 g/mol. The van der Waals surface area contributed by atoms with Crippen molar-refractivity contribution in [2.45, 2.75) is 12.3 Å². The van der Waals surface area contributed by atoms with Crippen molar-refractivity contribution in [2.75, 3.05) is 33.4 Å². The van der Waals surface area contributed by atoms with E-state index in [1.54, 1.807) is 29.9 Å². The number of ether oxygens (including phenoxy) is 5. The van der Waals surface area contributed by atoms with Gasteiger partial charge in [-0.25, -0.2) is 4.79 Å². The van der Waals surface area contributed by atoms with E-state index in [4.69, 9.17) is 23.7 Å². The molecule has 2 aromatic carbocycles. The Morgan fingerprint density at radius 2 is 1.91 bits per heavy atom. The van der Waals surface area contributed by atoms with Crippen LogP contribution in [0.15, 0.2) is 36.5 Å². The van der Waals surface area contributed by atoms with E-state index in [2.05, 4.69) is 5.32 Å². The summed E-state index contributed by atoms with van der Waals surface area (Å²) in [5.74, 6) is 0.162. The molecule has 10 nitrogen and oxygen atoms in total. The second-order valence-electron chi connectivity index (χ2n) is 7.75. The van der Waals surface area contributed by atoms with E-state index in [1.165, 1.54) is 20.4 Å². The van der Waals surface area contributed by atoms with Crippen LogP contribution in [-0.2, 0) is 4.79 Å². The van der Waals surface area contributed by atoms with Crippen LogP contribution in [0, 0.1) is 0 Å². The Kier molecular flexibility index (Phi) is 5.20. The number of benzene rings is 2. The molecule has 1 amide bonds. The largest absolute Gasteiger partial charge is 0.497 e. The zero-order valence-electron chi connectivity index (χ0n) is 18.7. The Hall–Kier alpha value is -4.34. The highest BCUT2D eigenvalue weighted by Crippen LogP contribution is 2.54. The molecule has 2 aliphatic rings. The van der Waals surface area contributed by atoms with E-state index in [0.717, 1.165) is 0 Å². The number of hydrogen-bond acceptors (Lipinski definition) is 7. The van der Waals surface area contributed by atoms with Crippen molar-refractivity contribution in [1.29, 1.82) is 0 Å². The van der Waals surface area contributed by atoms with Crippen molar-refractivity contribution in [2.24, 2.45) is 0 Å². The Morgan fingerprint density at radius 1 is 1.12 bits per heavy atom. The monoisotopic (exact) mass is 466 g/mol. The molecule has 0 saturated heterocycles. The number of carbonyl (C=O) groups excluding carboxylic acids is 1. The topological polar surface area (TPSA) is 117 Å². The molecule has 176 valence electrons. The molecule has 0 aliphatic carbocycles. The zero-order chi connectivity index (χ0) is 24.0. The third-order valence-electron chi connectivity index (χ3n) is 5.98. The maximum Gasteiger partial charge on any atom is 0.339 e. The molecule has 0 bridgehead atoms. The molecule has 0 radical (unpaired) electrons. The number of rotatable bonds is 6. The van der Waals surface area contributed by atoms with Crippen LogP contribution in [0.4, 0.5) is 5.69 Å². The SMILES string of the molecule is COc1cccc(-n2cc(C(=O)O)c3c2C(c2cc4c(c(OC)c2OC)OCO4)CC(=O)N3)c1. The minimum atomic E-state index is -1.16. The first kappa shape index (κ1) is 21.5. The lowest BCUT2D eigenvalue weighted by molar-refractivity contribution is -0.116. The summed E-state index contributed by atoms with van der Waals surface area (Å²) in [6.07, 6.45) is 1.55. The first-order valence-corrected chi connectivity index (χ1v) is 10.4. The molecule has 34 heavy (non-hydrogen) atoms. The average Bonchev–Trinajstić information content (AvgIpc) is 3.47.